The second-order valence-corrected chi connectivity index (χ2v) is 11.4. The van der Waals surface area contributed by atoms with Gasteiger partial charge < -0.3 is 10.6 Å². The van der Waals surface area contributed by atoms with Gasteiger partial charge in [-0.2, -0.15) is 4.31 Å². The molecule has 3 atom stereocenters. The van der Waals surface area contributed by atoms with E-state index in [0.717, 1.165) is 31.2 Å². The minimum absolute atomic E-state index is 0.140. The van der Waals surface area contributed by atoms with Crippen LogP contribution >= 0.6 is 0 Å². The van der Waals surface area contributed by atoms with Gasteiger partial charge in [0.2, 0.25) is 15.9 Å². The number of nitrogens with one attached hydrogen (secondary N) is 2. The molecule has 2 fully saturated rings. The Bertz CT molecular complexity index is 1150. The second kappa shape index (κ2) is 10.9. The molecule has 1 saturated carbocycles. The zero-order valence-corrected chi connectivity index (χ0v) is 20.7. The van der Waals surface area contributed by atoms with Crippen LogP contribution in [0.3, 0.4) is 0 Å². The summed E-state index contributed by atoms with van der Waals surface area (Å²) in [7, 11) is -3.67. The van der Waals surface area contributed by atoms with E-state index in [-0.39, 0.29) is 35.3 Å². The lowest BCUT2D eigenvalue weighted by atomic mass is 9.89. The van der Waals surface area contributed by atoms with Crippen LogP contribution in [0.5, 0.6) is 0 Å². The average molecular weight is 502 g/mol. The molecule has 1 aliphatic carbocycles. The Morgan fingerprint density at radius 3 is 2.17 bits per heavy atom. The van der Waals surface area contributed by atoms with Gasteiger partial charge in [-0.05, 0) is 69.0 Å². The number of carbonyl (C=O) groups is 2. The van der Waals surface area contributed by atoms with Crippen LogP contribution < -0.4 is 10.6 Å². The molecular weight excluding hydrogens is 469 g/mol. The average Bonchev–Trinajstić information content (AvgIpc) is 2.86. The highest BCUT2D eigenvalue weighted by Gasteiger charge is 2.35. The number of benzene rings is 2. The first-order valence-corrected chi connectivity index (χ1v) is 13.6. The number of carbonyl (C=O) groups excluding carboxylic acids is 2. The maximum Gasteiger partial charge on any atom is 0.251 e. The Balaban J connectivity index is 1.39. The van der Waals surface area contributed by atoms with E-state index in [0.29, 0.717) is 24.9 Å². The van der Waals surface area contributed by atoms with E-state index in [4.69, 9.17) is 0 Å². The number of aryl methyl sites for hydroxylation is 1. The number of nitrogens with zero attached hydrogens (tertiary/aromatic N) is 1. The fourth-order valence-corrected chi connectivity index (χ4v) is 6.39. The Kier molecular flexibility index (Phi) is 7.86. The predicted molar refractivity (Wildman–Crippen MR) is 131 cm³/mol. The van der Waals surface area contributed by atoms with E-state index in [1.807, 2.05) is 6.92 Å². The van der Waals surface area contributed by atoms with E-state index in [1.165, 1.54) is 28.6 Å². The summed E-state index contributed by atoms with van der Waals surface area (Å²) in [5, 5.41) is 6.08. The highest BCUT2D eigenvalue weighted by molar-refractivity contribution is 7.89. The molecule has 2 aliphatic rings. The van der Waals surface area contributed by atoms with Gasteiger partial charge in [0.25, 0.3) is 5.91 Å². The van der Waals surface area contributed by atoms with E-state index in [1.54, 1.807) is 24.3 Å². The topological polar surface area (TPSA) is 95.6 Å². The molecule has 2 aromatic carbocycles. The number of halogens is 1. The van der Waals surface area contributed by atoms with Gasteiger partial charge in [0.15, 0.2) is 0 Å². The summed E-state index contributed by atoms with van der Waals surface area (Å²) in [5.41, 5.74) is 1.35. The predicted octanol–water partition coefficient (Wildman–Crippen LogP) is 3.39. The van der Waals surface area contributed by atoms with Crippen LogP contribution in [0.4, 0.5) is 4.39 Å². The van der Waals surface area contributed by atoms with Crippen molar-refractivity contribution in [1.29, 1.82) is 0 Å². The molecule has 1 aliphatic heterocycles. The van der Waals surface area contributed by atoms with Gasteiger partial charge in [-0.15, -0.1) is 0 Å². The van der Waals surface area contributed by atoms with Crippen molar-refractivity contribution in [2.75, 3.05) is 13.1 Å². The van der Waals surface area contributed by atoms with Gasteiger partial charge in [-0.1, -0.05) is 30.5 Å². The third-order valence-electron chi connectivity index (χ3n) is 6.93. The zero-order valence-electron chi connectivity index (χ0n) is 19.9. The summed E-state index contributed by atoms with van der Waals surface area (Å²) in [5.74, 6) is -1.33. The first kappa shape index (κ1) is 25.3. The van der Waals surface area contributed by atoms with Gasteiger partial charge in [0, 0.05) is 30.7 Å². The monoisotopic (exact) mass is 501 g/mol. The van der Waals surface area contributed by atoms with Gasteiger partial charge in [0.1, 0.15) is 5.82 Å². The van der Waals surface area contributed by atoms with Crippen molar-refractivity contribution in [3.63, 3.8) is 0 Å². The molecule has 0 aromatic heterocycles. The van der Waals surface area contributed by atoms with E-state index >= 15 is 0 Å². The first-order chi connectivity index (χ1) is 16.7. The summed E-state index contributed by atoms with van der Waals surface area (Å²) in [6, 6.07) is 11.6. The van der Waals surface area contributed by atoms with E-state index in [9.17, 15) is 22.4 Å². The normalized spacial score (nSPS) is 23.4. The van der Waals surface area contributed by atoms with Crippen molar-refractivity contribution >= 4 is 21.8 Å². The van der Waals surface area contributed by atoms with Crippen LogP contribution in [0, 0.1) is 18.7 Å². The minimum Gasteiger partial charge on any atom is -0.351 e. The highest BCUT2D eigenvalue weighted by atomic mass is 32.2. The molecule has 2 N–H and O–H groups in total. The van der Waals surface area contributed by atoms with E-state index < -0.39 is 21.8 Å². The largest absolute Gasteiger partial charge is 0.351 e. The molecule has 1 saturated heterocycles. The van der Waals surface area contributed by atoms with Crippen LogP contribution in [0.2, 0.25) is 0 Å². The Hall–Kier alpha value is -2.78. The molecule has 9 heteroatoms. The second-order valence-electron chi connectivity index (χ2n) is 9.50. The van der Waals surface area contributed by atoms with Crippen LogP contribution in [0.1, 0.15) is 54.4 Å². The van der Waals surface area contributed by atoms with Crippen LogP contribution in [0.25, 0.3) is 0 Å². The lowest BCUT2D eigenvalue weighted by Crippen LogP contribution is -2.55. The molecule has 1 unspecified atom stereocenters. The number of piperidine rings is 1. The Morgan fingerprint density at radius 2 is 1.51 bits per heavy atom. The molecule has 0 bridgehead atoms. The van der Waals surface area contributed by atoms with E-state index in [2.05, 4.69) is 10.6 Å². The third kappa shape index (κ3) is 6.08. The summed E-state index contributed by atoms with van der Waals surface area (Å²) in [4.78, 5) is 26.1. The van der Waals surface area contributed by atoms with Crippen LogP contribution in [0.15, 0.2) is 53.4 Å². The summed E-state index contributed by atoms with van der Waals surface area (Å²) >= 11 is 0. The number of hydrogen-bond acceptors (Lipinski definition) is 4. The Labute approximate surface area is 206 Å². The number of sulfonamides is 1. The van der Waals surface area contributed by atoms with Crippen molar-refractivity contribution in [3.05, 3.63) is 65.5 Å². The number of rotatable bonds is 6. The van der Waals surface area contributed by atoms with Crippen molar-refractivity contribution in [1.82, 2.24) is 14.9 Å². The zero-order chi connectivity index (χ0) is 25.0. The summed E-state index contributed by atoms with van der Waals surface area (Å²) in [6.45, 7) is 2.43. The molecule has 2 amide bonds. The molecule has 4 rings (SSSR count). The van der Waals surface area contributed by atoms with Crippen molar-refractivity contribution < 1.29 is 22.4 Å². The van der Waals surface area contributed by atoms with Gasteiger partial charge in [0.05, 0.1) is 10.8 Å². The summed E-state index contributed by atoms with van der Waals surface area (Å²) < 4.78 is 40.8. The number of amides is 2. The highest BCUT2D eigenvalue weighted by Crippen LogP contribution is 2.25. The van der Waals surface area contributed by atoms with Gasteiger partial charge in [-0.25, -0.2) is 12.8 Å². The van der Waals surface area contributed by atoms with Crippen molar-refractivity contribution in [2.24, 2.45) is 5.92 Å². The fourth-order valence-electron chi connectivity index (χ4n) is 4.86. The van der Waals surface area contributed by atoms with Gasteiger partial charge >= 0.3 is 0 Å². The molecule has 0 radical (unpaired) electrons. The maximum atomic E-state index is 13.2. The van der Waals surface area contributed by atoms with Crippen LogP contribution in [-0.2, 0) is 14.8 Å². The minimum atomic E-state index is -3.67. The number of hydrogen-bond donors (Lipinski definition) is 2. The summed E-state index contributed by atoms with van der Waals surface area (Å²) in [6.07, 6.45) is 4.57. The molecule has 1 heterocycles. The van der Waals surface area contributed by atoms with Crippen LogP contribution in [-0.4, -0.2) is 49.7 Å². The smallest absolute Gasteiger partial charge is 0.251 e. The quantitative estimate of drug-likeness (QED) is 0.634. The molecule has 0 spiro atoms. The molecule has 2 aromatic rings. The SMILES string of the molecule is Cc1ccc(S(=O)(=O)N2CCCC(C(=O)N[C@@H]3CCCC[C@H]3NC(=O)c3ccc(F)cc3)C2)cc1. The lowest BCUT2D eigenvalue weighted by molar-refractivity contribution is -0.127. The molecular formula is C26H32FN3O4S. The van der Waals surface area contributed by atoms with Crippen molar-refractivity contribution in [3.8, 4) is 0 Å². The molecule has 35 heavy (non-hydrogen) atoms. The molecule has 188 valence electrons. The van der Waals surface area contributed by atoms with Gasteiger partial charge in [-0.3, -0.25) is 9.59 Å². The lowest BCUT2D eigenvalue weighted by Gasteiger charge is -2.36. The standard InChI is InChI=1S/C26H32FN3O4S/c1-18-8-14-22(15-9-18)35(33,34)30-16-4-5-20(17-30)26(32)29-24-7-3-2-6-23(24)28-25(31)19-10-12-21(27)13-11-19/h8-15,20,23-24H,2-7,16-17H2,1H3,(H,28,31)(H,29,32)/t20?,23-,24-/m1/s1. The third-order valence-corrected chi connectivity index (χ3v) is 8.81. The fraction of sp³-hybridized carbons (Fsp3) is 0.462. The first-order valence-electron chi connectivity index (χ1n) is 12.2. The van der Waals surface area contributed by atoms with Crippen molar-refractivity contribution in [2.45, 2.75) is 62.4 Å². The molecule has 7 nitrogen and oxygen atoms in total. The maximum absolute atomic E-state index is 13.2. The Morgan fingerprint density at radius 1 is 0.886 bits per heavy atom.